The van der Waals surface area contributed by atoms with Crippen molar-refractivity contribution in [3.05, 3.63) is 29.3 Å². The lowest BCUT2D eigenvalue weighted by Crippen LogP contribution is -2.36. The smallest absolute Gasteiger partial charge is 0.323 e. The molecule has 1 aliphatic rings. The molecule has 0 saturated carbocycles. The minimum atomic E-state index is -0.549. The van der Waals surface area contributed by atoms with Crippen LogP contribution in [0.2, 0.25) is 0 Å². The molecule has 25 heavy (non-hydrogen) atoms. The average molecular weight is 351 g/mol. The van der Waals surface area contributed by atoms with Crippen LogP contribution in [0.1, 0.15) is 31.4 Å². The van der Waals surface area contributed by atoms with E-state index in [1.54, 1.807) is 0 Å². The van der Waals surface area contributed by atoms with Crippen LogP contribution < -0.4 is 4.74 Å². The molecule has 0 radical (unpaired) electrons. The van der Waals surface area contributed by atoms with Crippen molar-refractivity contribution in [1.82, 2.24) is 4.90 Å². The van der Waals surface area contributed by atoms with Crippen LogP contribution in [-0.4, -0.2) is 54.4 Å². The topological polar surface area (TPSA) is 85.3 Å². The summed E-state index contributed by atoms with van der Waals surface area (Å²) >= 11 is 0. The molecule has 2 atom stereocenters. The first kappa shape index (κ1) is 19.2. The van der Waals surface area contributed by atoms with Gasteiger partial charge in [0.05, 0.1) is 19.8 Å². The molecule has 0 unspecified atom stereocenters. The Morgan fingerprint density at radius 3 is 2.76 bits per heavy atom. The highest BCUT2D eigenvalue weighted by Gasteiger charge is 2.36. The molecular weight excluding hydrogens is 326 g/mol. The lowest BCUT2D eigenvalue weighted by atomic mass is 10.1. The number of esters is 2. The number of likely N-dealkylation sites (tertiary alicyclic amines) is 1. The standard InChI is InChI=1S/C18H25NO6/c1-4-24-17-6-5-13(7-14(17)11-25-12(2)20)9-19-10-15(21)8-16(19)18(22)23-3/h5-7,15-16,21H,4,8-11H2,1-3H3/t15-,16+/m0/s1. The molecule has 0 bridgehead atoms. The SMILES string of the molecule is CCOc1ccc(CN2C[C@@H](O)C[C@@H]2C(=O)OC)cc1COC(C)=O. The van der Waals surface area contributed by atoms with Crippen molar-refractivity contribution in [2.45, 2.75) is 45.6 Å². The predicted octanol–water partition coefficient (Wildman–Crippen LogP) is 1.26. The third-order valence-corrected chi connectivity index (χ3v) is 4.10. The van der Waals surface area contributed by atoms with Gasteiger partial charge in [-0.3, -0.25) is 14.5 Å². The number of ether oxygens (including phenoxy) is 3. The number of carbonyl (C=O) groups is 2. The quantitative estimate of drug-likeness (QED) is 0.740. The zero-order valence-corrected chi connectivity index (χ0v) is 14.9. The second-order valence-electron chi connectivity index (χ2n) is 6.01. The third kappa shape index (κ3) is 5.17. The summed E-state index contributed by atoms with van der Waals surface area (Å²) in [5.41, 5.74) is 1.71. The minimum absolute atomic E-state index is 0.127. The fourth-order valence-corrected chi connectivity index (χ4v) is 2.99. The summed E-state index contributed by atoms with van der Waals surface area (Å²) in [5.74, 6) is -0.0395. The highest BCUT2D eigenvalue weighted by atomic mass is 16.5. The molecule has 1 saturated heterocycles. The Kier molecular flexibility index (Phi) is 6.78. The van der Waals surface area contributed by atoms with Gasteiger partial charge in [-0.15, -0.1) is 0 Å². The predicted molar refractivity (Wildman–Crippen MR) is 89.9 cm³/mol. The maximum atomic E-state index is 11.9. The Labute approximate surface area is 147 Å². The van der Waals surface area contributed by atoms with Crippen molar-refractivity contribution in [3.63, 3.8) is 0 Å². The van der Waals surface area contributed by atoms with Gasteiger partial charge in [0.15, 0.2) is 0 Å². The van der Waals surface area contributed by atoms with Crippen LogP contribution in [-0.2, 0) is 32.2 Å². The van der Waals surface area contributed by atoms with E-state index in [0.29, 0.717) is 31.9 Å². The van der Waals surface area contributed by atoms with Gasteiger partial charge in [0.1, 0.15) is 18.4 Å². The van der Waals surface area contributed by atoms with Crippen molar-refractivity contribution < 1.29 is 28.9 Å². The fraction of sp³-hybridized carbons (Fsp3) is 0.556. The van der Waals surface area contributed by atoms with E-state index in [2.05, 4.69) is 0 Å². The van der Waals surface area contributed by atoms with Gasteiger partial charge in [0.2, 0.25) is 0 Å². The summed E-state index contributed by atoms with van der Waals surface area (Å²) in [6, 6.07) is 5.18. The molecule has 7 heteroatoms. The molecule has 1 N–H and O–H groups in total. The van der Waals surface area contributed by atoms with Gasteiger partial charge in [0.25, 0.3) is 0 Å². The summed E-state index contributed by atoms with van der Waals surface area (Å²) in [6.07, 6.45) is -0.184. The lowest BCUT2D eigenvalue weighted by Gasteiger charge is -2.22. The van der Waals surface area contributed by atoms with Crippen LogP contribution in [0.5, 0.6) is 5.75 Å². The largest absolute Gasteiger partial charge is 0.493 e. The van der Waals surface area contributed by atoms with Gasteiger partial charge in [-0.1, -0.05) is 6.07 Å². The summed E-state index contributed by atoms with van der Waals surface area (Å²) < 4.78 is 15.5. The summed E-state index contributed by atoms with van der Waals surface area (Å²) in [6.45, 7) is 4.77. The number of rotatable bonds is 7. The number of methoxy groups -OCH3 is 1. The van der Waals surface area contributed by atoms with E-state index < -0.39 is 12.1 Å². The van der Waals surface area contributed by atoms with E-state index in [9.17, 15) is 14.7 Å². The third-order valence-electron chi connectivity index (χ3n) is 4.10. The molecule has 138 valence electrons. The van der Waals surface area contributed by atoms with Gasteiger partial charge in [-0.25, -0.2) is 0 Å². The second-order valence-corrected chi connectivity index (χ2v) is 6.01. The van der Waals surface area contributed by atoms with Crippen molar-refractivity contribution in [3.8, 4) is 5.75 Å². The molecule has 0 amide bonds. The van der Waals surface area contributed by atoms with Crippen LogP contribution in [0, 0.1) is 0 Å². The molecule has 0 aromatic heterocycles. The Morgan fingerprint density at radius 1 is 1.36 bits per heavy atom. The second kappa shape index (κ2) is 8.82. The van der Waals surface area contributed by atoms with Crippen molar-refractivity contribution in [2.75, 3.05) is 20.3 Å². The fourth-order valence-electron chi connectivity index (χ4n) is 2.99. The number of hydrogen-bond donors (Lipinski definition) is 1. The van der Waals surface area contributed by atoms with E-state index in [1.807, 2.05) is 30.0 Å². The Balaban J connectivity index is 2.16. The molecule has 1 fully saturated rings. The molecule has 1 aliphatic heterocycles. The maximum Gasteiger partial charge on any atom is 0.323 e. The van der Waals surface area contributed by atoms with Crippen LogP contribution in [0.25, 0.3) is 0 Å². The summed E-state index contributed by atoms with van der Waals surface area (Å²) in [5, 5.41) is 9.88. The van der Waals surface area contributed by atoms with E-state index in [0.717, 1.165) is 11.1 Å². The maximum absolute atomic E-state index is 11.9. The molecule has 0 aliphatic carbocycles. The number of aliphatic hydroxyl groups excluding tert-OH is 1. The van der Waals surface area contributed by atoms with E-state index >= 15 is 0 Å². The number of β-amino-alcohol motifs (C(OH)–C–C–N with tert-alkyl or cyclic N) is 1. The number of nitrogens with zero attached hydrogens (tertiary/aromatic N) is 1. The molecule has 1 heterocycles. The number of carbonyl (C=O) groups excluding carboxylic acids is 2. The molecule has 0 spiro atoms. The molecule has 2 rings (SSSR count). The molecule has 1 aromatic carbocycles. The molecule has 1 aromatic rings. The van der Waals surface area contributed by atoms with Crippen LogP contribution in [0.4, 0.5) is 0 Å². The average Bonchev–Trinajstić information content (AvgIpc) is 2.94. The van der Waals surface area contributed by atoms with Crippen molar-refractivity contribution >= 4 is 11.9 Å². The van der Waals surface area contributed by atoms with Crippen LogP contribution in [0.15, 0.2) is 18.2 Å². The zero-order valence-electron chi connectivity index (χ0n) is 14.9. The number of benzene rings is 1. The first-order valence-corrected chi connectivity index (χ1v) is 8.32. The first-order valence-electron chi connectivity index (χ1n) is 8.32. The van der Waals surface area contributed by atoms with Crippen LogP contribution >= 0.6 is 0 Å². The van der Waals surface area contributed by atoms with Crippen molar-refractivity contribution in [2.24, 2.45) is 0 Å². The zero-order chi connectivity index (χ0) is 18.4. The van der Waals surface area contributed by atoms with E-state index in [-0.39, 0.29) is 18.5 Å². The first-order chi connectivity index (χ1) is 11.9. The number of aliphatic hydroxyl groups is 1. The van der Waals surface area contributed by atoms with Gasteiger partial charge < -0.3 is 19.3 Å². The summed E-state index contributed by atoms with van der Waals surface area (Å²) in [4.78, 5) is 24.9. The normalized spacial score (nSPS) is 20.3. The van der Waals surface area contributed by atoms with Gasteiger partial charge in [-0.05, 0) is 24.6 Å². The highest BCUT2D eigenvalue weighted by molar-refractivity contribution is 5.76. The summed E-state index contributed by atoms with van der Waals surface area (Å²) in [7, 11) is 1.35. The molecule has 7 nitrogen and oxygen atoms in total. The highest BCUT2D eigenvalue weighted by Crippen LogP contribution is 2.25. The van der Waals surface area contributed by atoms with E-state index in [1.165, 1.54) is 14.0 Å². The Morgan fingerprint density at radius 2 is 2.12 bits per heavy atom. The lowest BCUT2D eigenvalue weighted by molar-refractivity contribution is -0.146. The Hall–Kier alpha value is -2.12. The van der Waals surface area contributed by atoms with Gasteiger partial charge in [-0.2, -0.15) is 0 Å². The monoisotopic (exact) mass is 351 g/mol. The van der Waals surface area contributed by atoms with Gasteiger partial charge >= 0.3 is 11.9 Å². The Bertz CT molecular complexity index is 618. The number of hydrogen-bond acceptors (Lipinski definition) is 7. The minimum Gasteiger partial charge on any atom is -0.493 e. The van der Waals surface area contributed by atoms with Crippen molar-refractivity contribution in [1.29, 1.82) is 0 Å². The molecular formula is C18H25NO6. The van der Waals surface area contributed by atoms with Gasteiger partial charge in [0, 0.05) is 32.0 Å². The van der Waals surface area contributed by atoms with E-state index in [4.69, 9.17) is 14.2 Å². The van der Waals surface area contributed by atoms with Crippen LogP contribution in [0.3, 0.4) is 0 Å².